The van der Waals surface area contributed by atoms with Crippen LogP contribution >= 0.6 is 0 Å². The summed E-state index contributed by atoms with van der Waals surface area (Å²) in [6.45, 7) is 0.936. The highest BCUT2D eigenvalue weighted by molar-refractivity contribution is 5.73. The third-order valence-electron chi connectivity index (χ3n) is 4.02. The van der Waals surface area contributed by atoms with Gasteiger partial charge in [0.1, 0.15) is 11.9 Å². The number of hydrogen-bond acceptors (Lipinski definition) is 3. The molecule has 2 aromatic rings. The Morgan fingerprint density at radius 1 is 1.22 bits per heavy atom. The maximum absolute atomic E-state index is 13.8. The Labute approximate surface area is 134 Å². The normalized spacial score (nSPS) is 18.2. The molecule has 1 saturated heterocycles. The average molecular weight is 315 g/mol. The van der Waals surface area contributed by atoms with Crippen molar-refractivity contribution in [1.29, 1.82) is 0 Å². The minimum atomic E-state index is -0.850. The van der Waals surface area contributed by atoms with Gasteiger partial charge in [-0.05, 0) is 30.0 Å². The smallest absolute Gasteiger partial charge is 0.323 e. The molecule has 1 atom stereocenters. The van der Waals surface area contributed by atoms with Gasteiger partial charge in [0.25, 0.3) is 0 Å². The Morgan fingerprint density at radius 2 is 1.96 bits per heavy atom. The van der Waals surface area contributed by atoms with Crippen molar-refractivity contribution in [3.8, 4) is 11.1 Å². The monoisotopic (exact) mass is 315 g/mol. The van der Waals surface area contributed by atoms with Crippen LogP contribution in [0.3, 0.4) is 0 Å². The van der Waals surface area contributed by atoms with E-state index in [1.807, 2.05) is 24.3 Å². The van der Waals surface area contributed by atoms with E-state index in [1.165, 1.54) is 11.1 Å². The summed E-state index contributed by atoms with van der Waals surface area (Å²) >= 11 is 0. The molecule has 3 rings (SSSR count). The van der Waals surface area contributed by atoms with Crippen LogP contribution in [-0.2, 0) is 16.2 Å². The number of benzene rings is 2. The largest absolute Gasteiger partial charge is 0.480 e. The lowest BCUT2D eigenvalue weighted by Crippen LogP contribution is -2.35. The number of hydroxylamine groups is 2. The Morgan fingerprint density at radius 3 is 2.65 bits per heavy atom. The molecule has 1 fully saturated rings. The predicted molar refractivity (Wildman–Crippen MR) is 84.0 cm³/mol. The molecule has 0 aliphatic carbocycles. The molecule has 1 heterocycles. The van der Waals surface area contributed by atoms with Crippen LogP contribution in [0.2, 0.25) is 0 Å². The molecule has 0 radical (unpaired) electrons. The van der Waals surface area contributed by atoms with Crippen molar-refractivity contribution in [3.05, 3.63) is 59.9 Å². The number of carboxylic acids is 1. The van der Waals surface area contributed by atoms with Gasteiger partial charge < -0.3 is 5.11 Å². The fourth-order valence-electron chi connectivity index (χ4n) is 2.77. The molecule has 2 aromatic carbocycles. The van der Waals surface area contributed by atoms with Gasteiger partial charge in [0, 0.05) is 12.1 Å². The summed E-state index contributed by atoms with van der Waals surface area (Å²) in [4.78, 5) is 16.7. The molecule has 1 N–H and O–H groups in total. The number of nitrogens with zero attached hydrogens (tertiary/aromatic N) is 1. The Hall–Kier alpha value is -2.24. The SMILES string of the molecule is O=C(O)C1CCCN1OCc1ccc(-c2ccccc2F)cc1. The molecule has 23 heavy (non-hydrogen) atoms. The number of rotatable bonds is 5. The minimum Gasteiger partial charge on any atom is -0.480 e. The molecule has 0 aromatic heterocycles. The lowest BCUT2D eigenvalue weighted by molar-refractivity contribution is -0.192. The van der Waals surface area contributed by atoms with E-state index in [9.17, 15) is 9.18 Å². The van der Waals surface area contributed by atoms with Crippen molar-refractivity contribution < 1.29 is 19.1 Å². The van der Waals surface area contributed by atoms with Crippen molar-refractivity contribution in [2.24, 2.45) is 0 Å². The van der Waals surface area contributed by atoms with Crippen LogP contribution in [-0.4, -0.2) is 28.7 Å². The quantitative estimate of drug-likeness (QED) is 0.918. The molecule has 0 saturated carbocycles. The topological polar surface area (TPSA) is 49.8 Å². The van der Waals surface area contributed by atoms with Gasteiger partial charge in [0.05, 0.1) is 6.61 Å². The molecule has 1 aliphatic heterocycles. The molecule has 1 aliphatic rings. The van der Waals surface area contributed by atoms with Crippen molar-refractivity contribution in [3.63, 3.8) is 0 Å². The fraction of sp³-hybridized carbons (Fsp3) is 0.278. The molecule has 120 valence electrons. The lowest BCUT2D eigenvalue weighted by atomic mass is 10.0. The van der Waals surface area contributed by atoms with Gasteiger partial charge in [-0.25, -0.2) is 4.39 Å². The van der Waals surface area contributed by atoms with Crippen LogP contribution in [0.1, 0.15) is 18.4 Å². The summed E-state index contributed by atoms with van der Waals surface area (Å²) < 4.78 is 13.8. The standard InChI is InChI=1S/C18H18FNO3/c19-16-5-2-1-4-15(16)14-9-7-13(8-10-14)12-23-20-11-3-6-17(20)18(21)22/h1-2,4-5,7-10,17H,3,6,11-12H2,(H,21,22). The second-order valence-electron chi connectivity index (χ2n) is 5.59. The predicted octanol–water partition coefficient (Wildman–Crippen LogP) is 3.47. The van der Waals surface area contributed by atoms with E-state index in [1.54, 1.807) is 18.2 Å². The summed E-state index contributed by atoms with van der Waals surface area (Å²) in [6, 6.07) is 13.5. The van der Waals surface area contributed by atoms with E-state index >= 15 is 0 Å². The van der Waals surface area contributed by atoms with E-state index in [4.69, 9.17) is 9.94 Å². The van der Waals surface area contributed by atoms with Crippen LogP contribution in [0.25, 0.3) is 11.1 Å². The minimum absolute atomic E-state index is 0.252. The number of carboxylic acid groups (broad SMARTS) is 1. The van der Waals surface area contributed by atoms with Crippen molar-refractivity contribution in [2.75, 3.05) is 6.54 Å². The van der Waals surface area contributed by atoms with E-state index in [0.717, 1.165) is 17.5 Å². The highest BCUT2D eigenvalue weighted by atomic mass is 19.1. The zero-order valence-corrected chi connectivity index (χ0v) is 12.6. The van der Waals surface area contributed by atoms with Crippen LogP contribution in [0.15, 0.2) is 48.5 Å². The second-order valence-corrected chi connectivity index (χ2v) is 5.59. The maximum Gasteiger partial charge on any atom is 0.323 e. The average Bonchev–Trinajstić information content (AvgIpc) is 3.03. The molecule has 0 amide bonds. The first-order chi connectivity index (χ1) is 11.1. The first-order valence-corrected chi connectivity index (χ1v) is 7.61. The van der Waals surface area contributed by atoms with E-state index in [0.29, 0.717) is 25.1 Å². The van der Waals surface area contributed by atoms with E-state index in [-0.39, 0.29) is 5.82 Å². The van der Waals surface area contributed by atoms with E-state index in [2.05, 4.69) is 0 Å². The number of aliphatic carboxylic acids is 1. The number of hydrogen-bond donors (Lipinski definition) is 1. The molecule has 4 nitrogen and oxygen atoms in total. The Kier molecular flexibility index (Phi) is 4.69. The van der Waals surface area contributed by atoms with Gasteiger partial charge in [-0.2, -0.15) is 5.06 Å². The lowest BCUT2D eigenvalue weighted by Gasteiger charge is -2.20. The van der Waals surface area contributed by atoms with Crippen molar-refractivity contribution >= 4 is 5.97 Å². The highest BCUT2D eigenvalue weighted by Crippen LogP contribution is 2.24. The molecule has 0 bridgehead atoms. The van der Waals surface area contributed by atoms with E-state index < -0.39 is 12.0 Å². The third kappa shape index (κ3) is 3.57. The van der Waals surface area contributed by atoms with Gasteiger partial charge >= 0.3 is 5.97 Å². The Balaban J connectivity index is 1.64. The van der Waals surface area contributed by atoms with Gasteiger partial charge in [-0.15, -0.1) is 0 Å². The van der Waals surface area contributed by atoms with Gasteiger partial charge in [-0.3, -0.25) is 9.63 Å². The zero-order chi connectivity index (χ0) is 16.2. The van der Waals surface area contributed by atoms with Crippen LogP contribution in [0.5, 0.6) is 0 Å². The summed E-state index contributed by atoms with van der Waals surface area (Å²) in [5, 5.41) is 10.6. The highest BCUT2D eigenvalue weighted by Gasteiger charge is 2.31. The fourth-order valence-corrected chi connectivity index (χ4v) is 2.77. The molecular formula is C18H18FNO3. The first-order valence-electron chi connectivity index (χ1n) is 7.61. The number of carbonyl (C=O) groups is 1. The van der Waals surface area contributed by atoms with Crippen LogP contribution < -0.4 is 0 Å². The van der Waals surface area contributed by atoms with Gasteiger partial charge in [0.2, 0.25) is 0 Å². The summed E-state index contributed by atoms with van der Waals surface area (Å²) in [5.74, 6) is -1.10. The maximum atomic E-state index is 13.8. The van der Waals surface area contributed by atoms with Crippen molar-refractivity contribution in [2.45, 2.75) is 25.5 Å². The third-order valence-corrected chi connectivity index (χ3v) is 4.02. The molecule has 1 unspecified atom stereocenters. The molecule has 5 heteroatoms. The molecular weight excluding hydrogens is 297 g/mol. The van der Waals surface area contributed by atoms with Gasteiger partial charge in [0.15, 0.2) is 0 Å². The Bertz CT molecular complexity index is 687. The zero-order valence-electron chi connectivity index (χ0n) is 12.6. The van der Waals surface area contributed by atoms with Crippen LogP contribution in [0.4, 0.5) is 4.39 Å². The summed E-state index contributed by atoms with van der Waals surface area (Å²) in [5.41, 5.74) is 2.28. The van der Waals surface area contributed by atoms with Gasteiger partial charge in [-0.1, -0.05) is 42.5 Å². The summed E-state index contributed by atoms with van der Waals surface area (Å²) in [7, 11) is 0. The first kappa shape index (κ1) is 15.6. The van der Waals surface area contributed by atoms with Crippen LogP contribution in [0, 0.1) is 5.82 Å². The number of halogens is 1. The summed E-state index contributed by atoms with van der Waals surface area (Å²) in [6.07, 6.45) is 1.44. The van der Waals surface area contributed by atoms with Crippen molar-refractivity contribution in [1.82, 2.24) is 5.06 Å². The second kappa shape index (κ2) is 6.89. The molecule has 0 spiro atoms.